The molecular weight excluding hydrogens is 320 g/mol. The summed E-state index contributed by atoms with van der Waals surface area (Å²) in [6.45, 7) is 5.25. The van der Waals surface area contributed by atoms with Crippen LogP contribution in [0.1, 0.15) is 17.4 Å². The summed E-state index contributed by atoms with van der Waals surface area (Å²) in [5, 5.41) is 10.2. The first kappa shape index (κ1) is 17.8. The van der Waals surface area contributed by atoms with Crippen molar-refractivity contribution < 1.29 is 19.0 Å². The molecule has 1 aliphatic heterocycles. The van der Waals surface area contributed by atoms with Crippen LogP contribution < -0.4 is 9.47 Å². The fraction of sp³-hybridized carbons (Fsp3) is 0.474. The number of aliphatic hydroxyl groups is 1. The highest BCUT2D eigenvalue weighted by molar-refractivity contribution is 5.38. The summed E-state index contributed by atoms with van der Waals surface area (Å²) < 4.78 is 15.9. The van der Waals surface area contributed by atoms with Crippen LogP contribution in [0.15, 0.2) is 41.0 Å². The van der Waals surface area contributed by atoms with Gasteiger partial charge in [-0.25, -0.2) is 0 Å². The average Bonchev–Trinajstić information content (AvgIpc) is 3.18. The Balaban J connectivity index is 1.51. The normalized spacial score (nSPS) is 17.4. The van der Waals surface area contributed by atoms with Gasteiger partial charge in [0.25, 0.3) is 0 Å². The van der Waals surface area contributed by atoms with Crippen molar-refractivity contribution >= 4 is 0 Å². The van der Waals surface area contributed by atoms with Gasteiger partial charge in [-0.1, -0.05) is 0 Å². The zero-order valence-electron chi connectivity index (χ0n) is 14.9. The Morgan fingerprint density at radius 3 is 2.24 bits per heavy atom. The van der Waals surface area contributed by atoms with Gasteiger partial charge < -0.3 is 19.0 Å². The number of β-amino-alcohol motifs (C(OH)–C–C–N with tert-alkyl or cyclic N) is 1. The molecule has 0 aliphatic carbocycles. The molecule has 0 bridgehead atoms. The van der Waals surface area contributed by atoms with Gasteiger partial charge in [0, 0.05) is 45.3 Å². The molecule has 6 heteroatoms. The second-order valence-corrected chi connectivity index (χ2v) is 6.33. The molecule has 1 unspecified atom stereocenters. The maximum atomic E-state index is 10.2. The molecule has 0 saturated carbocycles. The smallest absolute Gasteiger partial charge is 0.133 e. The van der Waals surface area contributed by atoms with E-state index in [2.05, 4.69) is 21.9 Å². The molecule has 0 amide bonds. The van der Waals surface area contributed by atoms with E-state index in [1.165, 1.54) is 5.56 Å². The van der Waals surface area contributed by atoms with E-state index in [-0.39, 0.29) is 0 Å². The lowest BCUT2D eigenvalue weighted by atomic mass is 10.1. The van der Waals surface area contributed by atoms with E-state index < -0.39 is 6.10 Å². The molecule has 0 radical (unpaired) electrons. The molecule has 2 heterocycles. The van der Waals surface area contributed by atoms with Crippen molar-refractivity contribution in [2.75, 3.05) is 46.9 Å². The Hall–Kier alpha value is -2.02. The van der Waals surface area contributed by atoms with Gasteiger partial charge in [-0.2, -0.15) is 0 Å². The fourth-order valence-corrected chi connectivity index (χ4v) is 3.16. The van der Waals surface area contributed by atoms with Crippen LogP contribution in [-0.2, 0) is 6.54 Å². The number of piperazine rings is 1. The monoisotopic (exact) mass is 346 g/mol. The largest absolute Gasteiger partial charge is 0.497 e. The number of furan rings is 1. The first-order chi connectivity index (χ1) is 12.2. The highest BCUT2D eigenvalue weighted by Gasteiger charge is 2.21. The van der Waals surface area contributed by atoms with E-state index in [0.717, 1.165) is 44.2 Å². The number of methoxy groups -OCH3 is 2. The van der Waals surface area contributed by atoms with Crippen molar-refractivity contribution in [3.63, 3.8) is 0 Å². The Kier molecular flexibility index (Phi) is 5.96. The zero-order valence-corrected chi connectivity index (χ0v) is 14.9. The van der Waals surface area contributed by atoms with Gasteiger partial charge in [0.05, 0.1) is 20.5 Å². The minimum Gasteiger partial charge on any atom is -0.497 e. The van der Waals surface area contributed by atoms with Crippen LogP contribution in [0.3, 0.4) is 0 Å². The van der Waals surface area contributed by atoms with E-state index >= 15 is 0 Å². The maximum Gasteiger partial charge on any atom is 0.133 e. The standard InChI is InChI=1S/C19H26N2O4/c1-23-16-10-15(11-17(12-16)24-2)13-20-5-7-21(8-6-20)14-18(22)19-4-3-9-25-19/h3-4,9-12,18,22H,5-8,13-14H2,1-2H3. The topological polar surface area (TPSA) is 58.3 Å². The molecule has 2 aromatic rings. The van der Waals surface area contributed by atoms with Gasteiger partial charge >= 0.3 is 0 Å². The molecular formula is C19H26N2O4. The first-order valence-electron chi connectivity index (χ1n) is 8.56. The number of hydrogen-bond acceptors (Lipinski definition) is 6. The van der Waals surface area contributed by atoms with E-state index in [1.54, 1.807) is 26.5 Å². The van der Waals surface area contributed by atoms with Crippen LogP contribution in [0.5, 0.6) is 11.5 Å². The van der Waals surface area contributed by atoms with Gasteiger partial charge in [-0.15, -0.1) is 0 Å². The lowest BCUT2D eigenvalue weighted by Crippen LogP contribution is -2.47. The lowest BCUT2D eigenvalue weighted by molar-refractivity contribution is 0.0597. The summed E-state index contributed by atoms with van der Waals surface area (Å²) in [5.41, 5.74) is 1.18. The van der Waals surface area contributed by atoms with Crippen molar-refractivity contribution in [2.24, 2.45) is 0 Å². The molecule has 1 aromatic carbocycles. The van der Waals surface area contributed by atoms with E-state index in [1.807, 2.05) is 12.1 Å². The third kappa shape index (κ3) is 4.75. The number of benzene rings is 1. The molecule has 1 aliphatic rings. The molecule has 1 N–H and O–H groups in total. The van der Waals surface area contributed by atoms with Crippen molar-refractivity contribution in [3.8, 4) is 11.5 Å². The van der Waals surface area contributed by atoms with Gasteiger partial charge in [0.2, 0.25) is 0 Å². The van der Waals surface area contributed by atoms with Crippen LogP contribution in [0.4, 0.5) is 0 Å². The van der Waals surface area contributed by atoms with Crippen LogP contribution in [0, 0.1) is 0 Å². The second kappa shape index (κ2) is 8.38. The van der Waals surface area contributed by atoms with Crippen LogP contribution >= 0.6 is 0 Å². The summed E-state index contributed by atoms with van der Waals surface area (Å²) in [5.74, 6) is 2.26. The van der Waals surface area contributed by atoms with E-state index in [4.69, 9.17) is 13.9 Å². The van der Waals surface area contributed by atoms with Crippen molar-refractivity contribution in [1.82, 2.24) is 9.80 Å². The lowest BCUT2D eigenvalue weighted by Gasteiger charge is -2.35. The summed E-state index contributed by atoms with van der Waals surface area (Å²) in [6.07, 6.45) is 1.03. The van der Waals surface area contributed by atoms with E-state index in [9.17, 15) is 5.11 Å². The molecule has 25 heavy (non-hydrogen) atoms. The molecule has 3 rings (SSSR count). The van der Waals surface area contributed by atoms with Gasteiger partial charge in [0.15, 0.2) is 0 Å². The summed E-state index contributed by atoms with van der Waals surface area (Å²) in [4.78, 5) is 4.68. The third-order valence-corrected chi connectivity index (χ3v) is 4.59. The fourth-order valence-electron chi connectivity index (χ4n) is 3.16. The molecule has 1 atom stereocenters. The summed E-state index contributed by atoms with van der Waals surface area (Å²) in [6, 6.07) is 9.61. The highest BCUT2D eigenvalue weighted by atomic mass is 16.5. The SMILES string of the molecule is COc1cc(CN2CCN(CC(O)c3ccco3)CC2)cc(OC)c1. The Morgan fingerprint density at radius 2 is 1.68 bits per heavy atom. The molecule has 6 nitrogen and oxygen atoms in total. The molecule has 136 valence electrons. The van der Waals surface area contributed by atoms with Gasteiger partial charge in [-0.05, 0) is 29.8 Å². The Labute approximate surface area is 148 Å². The molecule has 1 saturated heterocycles. The van der Waals surface area contributed by atoms with Crippen LogP contribution in [-0.4, -0.2) is 61.8 Å². The molecule has 1 aromatic heterocycles. The Morgan fingerprint density at radius 1 is 1.04 bits per heavy atom. The average molecular weight is 346 g/mol. The van der Waals surface area contributed by atoms with E-state index in [0.29, 0.717) is 12.3 Å². The maximum absolute atomic E-state index is 10.2. The number of hydrogen-bond donors (Lipinski definition) is 1. The second-order valence-electron chi connectivity index (χ2n) is 6.33. The predicted octanol–water partition coefficient (Wildman–Crippen LogP) is 2.15. The molecule has 1 fully saturated rings. The Bertz CT molecular complexity index is 629. The quantitative estimate of drug-likeness (QED) is 0.829. The van der Waals surface area contributed by atoms with Crippen molar-refractivity contribution in [2.45, 2.75) is 12.6 Å². The number of ether oxygens (including phenoxy) is 2. The zero-order chi connectivity index (χ0) is 17.6. The summed E-state index contributed by atoms with van der Waals surface area (Å²) in [7, 11) is 3.34. The van der Waals surface area contributed by atoms with Crippen molar-refractivity contribution in [1.29, 1.82) is 0 Å². The number of rotatable bonds is 7. The third-order valence-electron chi connectivity index (χ3n) is 4.59. The minimum atomic E-state index is -0.566. The minimum absolute atomic E-state index is 0.566. The van der Waals surface area contributed by atoms with Gasteiger partial charge in [-0.3, -0.25) is 9.80 Å². The van der Waals surface area contributed by atoms with Crippen LogP contribution in [0.25, 0.3) is 0 Å². The van der Waals surface area contributed by atoms with Crippen LogP contribution in [0.2, 0.25) is 0 Å². The summed E-state index contributed by atoms with van der Waals surface area (Å²) >= 11 is 0. The number of aliphatic hydroxyl groups excluding tert-OH is 1. The number of nitrogens with zero attached hydrogens (tertiary/aromatic N) is 2. The van der Waals surface area contributed by atoms with Crippen molar-refractivity contribution in [3.05, 3.63) is 47.9 Å². The predicted molar refractivity (Wildman–Crippen MR) is 94.9 cm³/mol. The highest BCUT2D eigenvalue weighted by Crippen LogP contribution is 2.24. The first-order valence-corrected chi connectivity index (χ1v) is 8.56. The van der Waals surface area contributed by atoms with Gasteiger partial charge in [0.1, 0.15) is 23.4 Å². The molecule has 0 spiro atoms.